The third-order valence-corrected chi connectivity index (χ3v) is 2.99. The van der Waals surface area contributed by atoms with E-state index >= 15 is 0 Å². The first-order valence-corrected chi connectivity index (χ1v) is 6.16. The molecule has 0 saturated carbocycles. The van der Waals surface area contributed by atoms with E-state index in [9.17, 15) is 4.39 Å². The smallest absolute Gasteiger partial charge is 0.141 e. The number of pyridine rings is 1. The van der Waals surface area contributed by atoms with Crippen LogP contribution in [0.25, 0.3) is 0 Å². The van der Waals surface area contributed by atoms with E-state index in [4.69, 9.17) is 4.74 Å². The Bertz CT molecular complexity index is 528. The van der Waals surface area contributed by atoms with E-state index < -0.39 is 0 Å². The molecule has 1 aromatic carbocycles. The highest BCUT2D eigenvalue weighted by Crippen LogP contribution is 2.17. The van der Waals surface area contributed by atoms with Gasteiger partial charge >= 0.3 is 0 Å². The van der Waals surface area contributed by atoms with Gasteiger partial charge in [-0.05, 0) is 36.2 Å². The predicted octanol–water partition coefficient (Wildman–Crippen LogP) is 3.08. The summed E-state index contributed by atoms with van der Waals surface area (Å²) in [5.41, 5.74) is 1.99. The summed E-state index contributed by atoms with van der Waals surface area (Å²) in [6.07, 6.45) is 2.87. The molecule has 100 valence electrons. The normalized spacial score (nSPS) is 12.2. The quantitative estimate of drug-likeness (QED) is 0.897. The molecular formula is C15H17FN2O. The minimum absolute atomic E-state index is 0.175. The Morgan fingerprint density at radius 3 is 2.63 bits per heavy atom. The molecule has 0 unspecified atom stereocenters. The molecule has 0 aliphatic rings. The fraction of sp³-hybridized carbons (Fsp3) is 0.267. The molecule has 3 nitrogen and oxygen atoms in total. The molecule has 2 aromatic rings. The van der Waals surface area contributed by atoms with Crippen molar-refractivity contribution < 1.29 is 9.13 Å². The van der Waals surface area contributed by atoms with Crippen molar-refractivity contribution in [2.24, 2.45) is 0 Å². The molecule has 0 fully saturated rings. The summed E-state index contributed by atoms with van der Waals surface area (Å²) >= 11 is 0. The summed E-state index contributed by atoms with van der Waals surface area (Å²) < 4.78 is 18.1. The van der Waals surface area contributed by atoms with E-state index in [0.717, 1.165) is 16.9 Å². The van der Waals surface area contributed by atoms with Crippen LogP contribution in [0.4, 0.5) is 4.39 Å². The van der Waals surface area contributed by atoms with Gasteiger partial charge in [-0.25, -0.2) is 4.39 Å². The zero-order valence-corrected chi connectivity index (χ0v) is 11.1. The molecule has 0 amide bonds. The first-order chi connectivity index (χ1) is 9.19. The van der Waals surface area contributed by atoms with E-state index in [1.807, 2.05) is 24.3 Å². The van der Waals surface area contributed by atoms with Crippen molar-refractivity contribution in [2.45, 2.75) is 19.5 Å². The summed E-state index contributed by atoms with van der Waals surface area (Å²) in [5.74, 6) is 0.529. The van der Waals surface area contributed by atoms with Crippen LogP contribution in [0.5, 0.6) is 5.75 Å². The van der Waals surface area contributed by atoms with Crippen LogP contribution in [-0.4, -0.2) is 12.1 Å². The van der Waals surface area contributed by atoms with Gasteiger partial charge < -0.3 is 10.1 Å². The highest BCUT2D eigenvalue weighted by atomic mass is 19.1. The van der Waals surface area contributed by atoms with Crippen molar-refractivity contribution in [1.82, 2.24) is 10.3 Å². The molecule has 19 heavy (non-hydrogen) atoms. The van der Waals surface area contributed by atoms with Crippen molar-refractivity contribution in [3.8, 4) is 5.75 Å². The topological polar surface area (TPSA) is 34.1 Å². The van der Waals surface area contributed by atoms with Gasteiger partial charge in [-0.15, -0.1) is 0 Å². The third kappa shape index (κ3) is 3.76. The van der Waals surface area contributed by atoms with Crippen LogP contribution in [0, 0.1) is 5.82 Å². The Morgan fingerprint density at radius 1 is 1.26 bits per heavy atom. The Kier molecular flexibility index (Phi) is 4.47. The number of nitrogens with zero attached hydrogens (tertiary/aromatic N) is 1. The molecule has 0 saturated heterocycles. The number of hydrogen-bond donors (Lipinski definition) is 1. The van der Waals surface area contributed by atoms with Crippen LogP contribution in [0.15, 0.2) is 42.7 Å². The number of methoxy groups -OCH3 is 1. The van der Waals surface area contributed by atoms with Gasteiger partial charge in [0.15, 0.2) is 0 Å². The van der Waals surface area contributed by atoms with Crippen molar-refractivity contribution in [3.63, 3.8) is 0 Å². The standard InChI is InChI=1S/C15H17FN2O/c1-11(13-3-5-15(19-2)6-4-13)18-9-12-7-14(16)10-17-8-12/h3-8,10-11,18H,9H2,1-2H3/t11-/m1/s1. The molecule has 0 aliphatic heterocycles. The predicted molar refractivity (Wildman–Crippen MR) is 72.4 cm³/mol. The molecule has 0 bridgehead atoms. The Balaban J connectivity index is 1.95. The van der Waals surface area contributed by atoms with Crippen molar-refractivity contribution in [3.05, 3.63) is 59.7 Å². The lowest BCUT2D eigenvalue weighted by atomic mass is 10.1. The Labute approximate surface area is 112 Å². The van der Waals surface area contributed by atoms with Crippen LogP contribution < -0.4 is 10.1 Å². The second-order valence-electron chi connectivity index (χ2n) is 4.39. The summed E-state index contributed by atoms with van der Waals surface area (Å²) in [7, 11) is 1.65. The van der Waals surface area contributed by atoms with Gasteiger partial charge in [0.05, 0.1) is 13.3 Å². The van der Waals surface area contributed by atoms with Gasteiger partial charge in [0.25, 0.3) is 0 Å². The lowest BCUT2D eigenvalue weighted by Crippen LogP contribution is -2.18. The molecular weight excluding hydrogens is 243 g/mol. The van der Waals surface area contributed by atoms with Crippen molar-refractivity contribution in [1.29, 1.82) is 0 Å². The van der Waals surface area contributed by atoms with Gasteiger partial charge in [0, 0.05) is 18.8 Å². The molecule has 2 rings (SSSR count). The summed E-state index contributed by atoms with van der Waals surface area (Å²) in [6, 6.07) is 9.55. The van der Waals surface area contributed by atoms with Crippen LogP contribution in [0.3, 0.4) is 0 Å². The average Bonchev–Trinajstić information content (AvgIpc) is 2.45. The molecule has 4 heteroatoms. The van der Waals surface area contributed by atoms with Crippen LogP contribution in [0.1, 0.15) is 24.1 Å². The van der Waals surface area contributed by atoms with E-state index in [1.54, 1.807) is 13.3 Å². The van der Waals surface area contributed by atoms with E-state index in [2.05, 4.69) is 17.2 Å². The van der Waals surface area contributed by atoms with Crippen LogP contribution in [0.2, 0.25) is 0 Å². The number of halogens is 1. The Hall–Kier alpha value is -1.94. The number of nitrogens with one attached hydrogen (secondary N) is 1. The second kappa shape index (κ2) is 6.29. The van der Waals surface area contributed by atoms with E-state index in [-0.39, 0.29) is 11.9 Å². The molecule has 0 aliphatic carbocycles. The van der Waals surface area contributed by atoms with Gasteiger partial charge in [-0.1, -0.05) is 12.1 Å². The lowest BCUT2D eigenvalue weighted by molar-refractivity contribution is 0.414. The minimum atomic E-state index is -0.309. The first-order valence-electron chi connectivity index (χ1n) is 6.16. The molecule has 1 aromatic heterocycles. The monoisotopic (exact) mass is 260 g/mol. The molecule has 1 heterocycles. The van der Waals surface area contributed by atoms with Gasteiger partial charge in [0.1, 0.15) is 11.6 Å². The fourth-order valence-electron chi connectivity index (χ4n) is 1.83. The van der Waals surface area contributed by atoms with Crippen LogP contribution >= 0.6 is 0 Å². The third-order valence-electron chi connectivity index (χ3n) is 2.99. The number of ether oxygens (including phenoxy) is 1. The van der Waals surface area contributed by atoms with Crippen molar-refractivity contribution >= 4 is 0 Å². The zero-order chi connectivity index (χ0) is 13.7. The fourth-order valence-corrected chi connectivity index (χ4v) is 1.83. The Morgan fingerprint density at radius 2 is 2.00 bits per heavy atom. The largest absolute Gasteiger partial charge is 0.497 e. The van der Waals surface area contributed by atoms with Gasteiger partial charge in [0.2, 0.25) is 0 Å². The van der Waals surface area contributed by atoms with E-state index in [1.165, 1.54) is 12.3 Å². The number of aromatic nitrogens is 1. The summed E-state index contributed by atoms with van der Waals surface area (Å²) in [4.78, 5) is 3.83. The highest BCUT2D eigenvalue weighted by Gasteiger charge is 2.05. The summed E-state index contributed by atoms with van der Waals surface area (Å²) in [6.45, 7) is 2.65. The maximum absolute atomic E-state index is 13.0. The lowest BCUT2D eigenvalue weighted by Gasteiger charge is -2.14. The van der Waals surface area contributed by atoms with Gasteiger partial charge in [-0.3, -0.25) is 4.98 Å². The van der Waals surface area contributed by atoms with Gasteiger partial charge in [-0.2, -0.15) is 0 Å². The number of hydrogen-bond acceptors (Lipinski definition) is 3. The average molecular weight is 260 g/mol. The molecule has 1 N–H and O–H groups in total. The van der Waals surface area contributed by atoms with Crippen molar-refractivity contribution in [2.75, 3.05) is 7.11 Å². The second-order valence-corrected chi connectivity index (χ2v) is 4.39. The minimum Gasteiger partial charge on any atom is -0.497 e. The number of rotatable bonds is 5. The number of benzene rings is 1. The zero-order valence-electron chi connectivity index (χ0n) is 11.1. The molecule has 0 radical (unpaired) electrons. The van der Waals surface area contributed by atoms with Crippen LogP contribution in [-0.2, 0) is 6.54 Å². The maximum Gasteiger partial charge on any atom is 0.141 e. The SMILES string of the molecule is COc1ccc([C@@H](C)NCc2cncc(F)c2)cc1. The highest BCUT2D eigenvalue weighted by molar-refractivity contribution is 5.28. The molecule has 0 spiro atoms. The maximum atomic E-state index is 13.0. The summed E-state index contributed by atoms with van der Waals surface area (Å²) in [5, 5.41) is 3.33. The first kappa shape index (κ1) is 13.5. The molecule has 1 atom stereocenters. The van der Waals surface area contributed by atoms with E-state index in [0.29, 0.717) is 6.54 Å².